The monoisotopic (exact) mass is 198 g/mol. The minimum Gasteiger partial charge on any atom is -0.158 e. The molecule has 1 heterocycles. The van der Waals surface area contributed by atoms with E-state index in [1.165, 1.54) is 24.3 Å². The molecule has 0 spiro atoms. The van der Waals surface area contributed by atoms with Crippen molar-refractivity contribution in [2.45, 2.75) is 40.5 Å². The first kappa shape index (κ1) is 11.2. The van der Waals surface area contributed by atoms with Crippen LogP contribution in [0.1, 0.15) is 40.5 Å². The second-order valence-electron chi connectivity index (χ2n) is 4.52. The molecule has 0 aliphatic carbocycles. The van der Waals surface area contributed by atoms with E-state index in [1.807, 2.05) is 0 Å². The summed E-state index contributed by atoms with van der Waals surface area (Å²) in [6, 6.07) is 0. The summed E-state index contributed by atoms with van der Waals surface area (Å²) in [5.74, 6) is 4.15. The third-order valence-electron chi connectivity index (χ3n) is 2.80. The van der Waals surface area contributed by atoms with Crippen LogP contribution >= 0.6 is 11.8 Å². The Kier molecular flexibility index (Phi) is 4.37. The van der Waals surface area contributed by atoms with Crippen LogP contribution in [0, 0.1) is 11.8 Å². The van der Waals surface area contributed by atoms with Gasteiger partial charge >= 0.3 is 0 Å². The number of allylic oxidation sites excluding steroid dienone is 1. The molecule has 0 aromatic carbocycles. The van der Waals surface area contributed by atoms with Gasteiger partial charge in [-0.3, -0.25) is 0 Å². The van der Waals surface area contributed by atoms with E-state index in [4.69, 9.17) is 0 Å². The molecular weight excluding hydrogens is 176 g/mol. The first-order valence-electron chi connectivity index (χ1n) is 5.42. The maximum atomic E-state index is 2.34. The molecule has 0 unspecified atom stereocenters. The van der Waals surface area contributed by atoms with E-state index in [9.17, 15) is 0 Å². The van der Waals surface area contributed by atoms with Crippen molar-refractivity contribution < 1.29 is 0 Å². The lowest BCUT2D eigenvalue weighted by atomic mass is 9.89. The predicted octanol–water partition coefficient (Wildman–Crippen LogP) is 4.12. The van der Waals surface area contributed by atoms with Gasteiger partial charge in [0.25, 0.3) is 0 Å². The Balaban J connectivity index is 2.85. The first-order chi connectivity index (χ1) is 6.13. The van der Waals surface area contributed by atoms with Crippen LogP contribution in [0.2, 0.25) is 0 Å². The molecule has 13 heavy (non-hydrogen) atoms. The van der Waals surface area contributed by atoms with Gasteiger partial charge in [0, 0.05) is 5.75 Å². The van der Waals surface area contributed by atoms with Crippen LogP contribution in [0.25, 0.3) is 0 Å². The fraction of sp³-hybridized carbons (Fsp3) is 0.833. The molecule has 0 saturated carbocycles. The number of thioether (sulfide) groups is 1. The van der Waals surface area contributed by atoms with Crippen LogP contribution in [0.4, 0.5) is 0 Å². The lowest BCUT2D eigenvalue weighted by Gasteiger charge is -2.18. The van der Waals surface area contributed by atoms with E-state index in [2.05, 4.69) is 39.5 Å². The smallest absolute Gasteiger partial charge is 0.0148 e. The summed E-state index contributed by atoms with van der Waals surface area (Å²) in [5, 5.41) is 0. The Morgan fingerprint density at radius 3 is 2.15 bits per heavy atom. The highest BCUT2D eigenvalue weighted by molar-refractivity contribution is 7.99. The second kappa shape index (κ2) is 5.09. The molecule has 0 fully saturated rings. The highest BCUT2D eigenvalue weighted by Crippen LogP contribution is 2.31. The van der Waals surface area contributed by atoms with Crippen LogP contribution in [0.15, 0.2) is 11.1 Å². The van der Waals surface area contributed by atoms with Crippen molar-refractivity contribution in [1.82, 2.24) is 0 Å². The summed E-state index contributed by atoms with van der Waals surface area (Å²) in [6.45, 7) is 9.36. The first-order valence-corrected chi connectivity index (χ1v) is 6.58. The van der Waals surface area contributed by atoms with Gasteiger partial charge < -0.3 is 0 Å². The van der Waals surface area contributed by atoms with Crippen LogP contribution < -0.4 is 0 Å². The summed E-state index contributed by atoms with van der Waals surface area (Å²) in [7, 11) is 0. The Morgan fingerprint density at radius 1 is 1.00 bits per heavy atom. The van der Waals surface area contributed by atoms with E-state index < -0.39 is 0 Å². The molecule has 0 amide bonds. The van der Waals surface area contributed by atoms with E-state index in [-0.39, 0.29) is 0 Å². The quantitative estimate of drug-likeness (QED) is 0.601. The van der Waals surface area contributed by atoms with Crippen molar-refractivity contribution in [2.75, 3.05) is 11.5 Å². The Labute approximate surface area is 87.2 Å². The van der Waals surface area contributed by atoms with Gasteiger partial charge in [-0.05, 0) is 30.4 Å². The molecule has 0 nitrogen and oxygen atoms in total. The fourth-order valence-electron chi connectivity index (χ4n) is 2.00. The lowest BCUT2D eigenvalue weighted by Crippen LogP contribution is -2.05. The normalized spacial score (nSPS) is 19.8. The fourth-order valence-corrected chi connectivity index (χ4v) is 3.23. The van der Waals surface area contributed by atoms with Gasteiger partial charge in [-0.25, -0.2) is 0 Å². The molecule has 0 atom stereocenters. The zero-order chi connectivity index (χ0) is 9.84. The predicted molar refractivity (Wildman–Crippen MR) is 63.3 cm³/mol. The second-order valence-corrected chi connectivity index (χ2v) is 5.62. The molecule has 0 N–H and O–H groups in total. The van der Waals surface area contributed by atoms with Gasteiger partial charge in [-0.2, -0.15) is 11.8 Å². The van der Waals surface area contributed by atoms with E-state index in [0.29, 0.717) is 0 Å². The molecule has 1 aliphatic heterocycles. The van der Waals surface area contributed by atoms with Gasteiger partial charge in [0.2, 0.25) is 0 Å². The van der Waals surface area contributed by atoms with Crippen molar-refractivity contribution >= 4 is 11.8 Å². The van der Waals surface area contributed by atoms with Crippen molar-refractivity contribution in [2.24, 2.45) is 11.8 Å². The number of hydrogen-bond donors (Lipinski definition) is 0. The summed E-state index contributed by atoms with van der Waals surface area (Å²) in [6.07, 6.45) is 2.73. The van der Waals surface area contributed by atoms with Gasteiger partial charge in [0.15, 0.2) is 0 Å². The van der Waals surface area contributed by atoms with Gasteiger partial charge in [0.1, 0.15) is 0 Å². The maximum Gasteiger partial charge on any atom is 0.0148 e. The highest BCUT2D eigenvalue weighted by atomic mass is 32.2. The van der Waals surface area contributed by atoms with Gasteiger partial charge in [-0.1, -0.05) is 38.8 Å². The van der Waals surface area contributed by atoms with E-state index >= 15 is 0 Å². The zero-order valence-corrected chi connectivity index (χ0v) is 10.2. The van der Waals surface area contributed by atoms with Gasteiger partial charge in [0.05, 0.1) is 0 Å². The molecule has 0 radical (unpaired) electrons. The minimum atomic E-state index is 0.753. The minimum absolute atomic E-state index is 0.753. The topological polar surface area (TPSA) is 0 Å². The van der Waals surface area contributed by atoms with Crippen LogP contribution in [0.3, 0.4) is 0 Å². The van der Waals surface area contributed by atoms with E-state index in [0.717, 1.165) is 11.8 Å². The van der Waals surface area contributed by atoms with Gasteiger partial charge in [-0.15, -0.1) is 0 Å². The molecular formula is C12H22S. The van der Waals surface area contributed by atoms with Crippen molar-refractivity contribution in [3.05, 3.63) is 11.1 Å². The average Bonchev–Trinajstić information content (AvgIpc) is 2.27. The third kappa shape index (κ3) is 3.05. The van der Waals surface area contributed by atoms with E-state index in [1.54, 1.807) is 11.1 Å². The zero-order valence-electron chi connectivity index (χ0n) is 9.39. The molecule has 1 rings (SSSR count). The Morgan fingerprint density at radius 2 is 1.62 bits per heavy atom. The average molecular weight is 198 g/mol. The van der Waals surface area contributed by atoms with Crippen molar-refractivity contribution in [3.8, 4) is 0 Å². The van der Waals surface area contributed by atoms with Crippen molar-refractivity contribution in [1.29, 1.82) is 0 Å². The molecule has 76 valence electrons. The molecule has 0 aromatic heterocycles. The van der Waals surface area contributed by atoms with Crippen LogP contribution in [0.5, 0.6) is 0 Å². The molecule has 0 saturated heterocycles. The van der Waals surface area contributed by atoms with Crippen molar-refractivity contribution in [3.63, 3.8) is 0 Å². The Hall–Kier alpha value is 0.0900. The summed E-state index contributed by atoms with van der Waals surface area (Å²) in [4.78, 5) is 0. The standard InChI is InChI=1S/C12H22S/c1-9(2)11-6-5-7-13-8-12(11)10(3)4/h9-10H,5-8H2,1-4H3. The molecule has 1 aliphatic rings. The molecule has 0 aromatic rings. The third-order valence-corrected chi connectivity index (χ3v) is 3.89. The SMILES string of the molecule is CC(C)C1=C(C(C)C)CSCCC1. The summed E-state index contributed by atoms with van der Waals surface area (Å²) in [5.41, 5.74) is 3.48. The summed E-state index contributed by atoms with van der Waals surface area (Å²) < 4.78 is 0. The van der Waals surface area contributed by atoms with Crippen LogP contribution in [-0.4, -0.2) is 11.5 Å². The van der Waals surface area contributed by atoms with Crippen LogP contribution in [-0.2, 0) is 0 Å². The largest absolute Gasteiger partial charge is 0.158 e. The number of rotatable bonds is 2. The summed E-state index contributed by atoms with van der Waals surface area (Å²) >= 11 is 2.12. The highest BCUT2D eigenvalue weighted by Gasteiger charge is 2.16. The molecule has 0 bridgehead atoms. The lowest BCUT2D eigenvalue weighted by molar-refractivity contribution is 0.656. The Bertz CT molecular complexity index is 169. The number of hydrogen-bond acceptors (Lipinski definition) is 1. The maximum absolute atomic E-state index is 2.34. The molecule has 1 heteroatoms.